The van der Waals surface area contributed by atoms with E-state index in [0.29, 0.717) is 0 Å². The van der Waals surface area contributed by atoms with Gasteiger partial charge in [-0.2, -0.15) is 0 Å². The summed E-state index contributed by atoms with van der Waals surface area (Å²) in [6.07, 6.45) is 0. The number of hydrogen-bond donors (Lipinski definition) is 0. The number of fused-ring (bicyclic) bond motifs is 13. The average Bonchev–Trinajstić information content (AvgIpc) is 4.05. The third-order valence-corrected chi connectivity index (χ3v) is 13.1. The molecule has 1 aliphatic carbocycles. The first kappa shape index (κ1) is 34.1. The normalized spacial score (nSPS) is 13.2. The van der Waals surface area contributed by atoms with Crippen LogP contribution in [0.2, 0.25) is 0 Å². The Balaban J connectivity index is 1.13. The molecule has 1 aliphatic rings. The molecule has 0 spiro atoms. The molecule has 0 atom stereocenters. The van der Waals surface area contributed by atoms with Crippen molar-refractivity contribution in [3.8, 4) is 33.4 Å². The maximum absolute atomic E-state index is 7.02. The first-order valence-electron chi connectivity index (χ1n) is 20.9. The SMILES string of the molecule is CC1(C)c2ccccc2-c2ccc(N(c3ccc(-c4ccccc4)cc3)c3cc(-c4cccc5c4oc4ccccc45)c4oc5ccc6oc7ccccc7c6c5c4c3)cc21. The van der Waals surface area contributed by atoms with Gasteiger partial charge in [0.15, 0.2) is 0 Å². The molecule has 0 aliphatic heterocycles. The van der Waals surface area contributed by atoms with Crippen LogP contribution in [-0.4, -0.2) is 0 Å². The Bertz CT molecular complexity index is 3730. The summed E-state index contributed by atoms with van der Waals surface area (Å²) in [5, 5.41) is 6.30. The lowest BCUT2D eigenvalue weighted by Crippen LogP contribution is -2.16. The van der Waals surface area contributed by atoms with E-state index in [2.05, 4.69) is 170 Å². The van der Waals surface area contributed by atoms with Gasteiger partial charge in [0, 0.05) is 65.9 Å². The van der Waals surface area contributed by atoms with Crippen molar-refractivity contribution >= 4 is 82.9 Å². The van der Waals surface area contributed by atoms with Crippen molar-refractivity contribution in [3.63, 3.8) is 0 Å². The molecule has 0 saturated heterocycles. The molecule has 3 heterocycles. The number of para-hydroxylation sites is 3. The standard InChI is InChI=1S/C57H37NO3/c1-57(2)47-20-9-6-15-39(47)40-28-27-37(33-48(40)57)58(36-25-23-35(24-26-36)34-13-4-3-5-14-34)38-31-45(43-19-12-18-42-41-16-7-10-21-49(41)60-55(42)43)56-46(32-38)54-52(61-56)30-29-51-53(54)44-17-8-11-22-50(44)59-51/h3-33H,1-2H3. The van der Waals surface area contributed by atoms with Gasteiger partial charge in [-0.3, -0.25) is 0 Å². The van der Waals surface area contributed by atoms with Gasteiger partial charge in [0.1, 0.15) is 33.5 Å². The molecule has 4 nitrogen and oxygen atoms in total. The maximum atomic E-state index is 7.02. The Morgan fingerprint density at radius 2 is 0.934 bits per heavy atom. The fourth-order valence-corrected chi connectivity index (χ4v) is 10.2. The predicted octanol–water partition coefficient (Wildman–Crippen LogP) is 16.5. The summed E-state index contributed by atoms with van der Waals surface area (Å²) in [5.41, 5.74) is 17.4. The van der Waals surface area contributed by atoms with Gasteiger partial charge in [0.05, 0.1) is 0 Å². The number of benzene rings is 9. The third-order valence-electron chi connectivity index (χ3n) is 13.1. The number of nitrogens with zero attached hydrogens (tertiary/aromatic N) is 1. The van der Waals surface area contributed by atoms with E-state index in [9.17, 15) is 0 Å². The molecule has 61 heavy (non-hydrogen) atoms. The van der Waals surface area contributed by atoms with Crippen molar-refractivity contribution in [2.24, 2.45) is 0 Å². The fourth-order valence-electron chi connectivity index (χ4n) is 10.2. The zero-order valence-electron chi connectivity index (χ0n) is 33.6. The summed E-state index contributed by atoms with van der Waals surface area (Å²) in [5.74, 6) is 0. The van der Waals surface area contributed by atoms with Crippen LogP contribution >= 0.6 is 0 Å². The third kappa shape index (κ3) is 4.93. The number of rotatable bonds is 5. The van der Waals surface area contributed by atoms with Crippen molar-refractivity contribution in [1.29, 1.82) is 0 Å². The van der Waals surface area contributed by atoms with Crippen LogP contribution in [0.3, 0.4) is 0 Å². The average molecular weight is 784 g/mol. The van der Waals surface area contributed by atoms with E-state index in [0.717, 1.165) is 99.6 Å². The van der Waals surface area contributed by atoms with Crippen LogP contribution < -0.4 is 4.90 Å². The van der Waals surface area contributed by atoms with Gasteiger partial charge in [0.25, 0.3) is 0 Å². The van der Waals surface area contributed by atoms with E-state index in [-0.39, 0.29) is 5.41 Å². The summed E-state index contributed by atoms with van der Waals surface area (Å²) in [4.78, 5) is 2.41. The molecule has 0 fully saturated rings. The molecule has 288 valence electrons. The van der Waals surface area contributed by atoms with E-state index in [1.54, 1.807) is 0 Å². The zero-order valence-corrected chi connectivity index (χ0v) is 33.6. The van der Waals surface area contributed by atoms with Crippen LogP contribution in [0.15, 0.2) is 201 Å². The Kier molecular flexibility index (Phi) is 7.04. The van der Waals surface area contributed by atoms with Gasteiger partial charge in [-0.25, -0.2) is 0 Å². The smallest absolute Gasteiger partial charge is 0.143 e. The molecule has 0 N–H and O–H groups in total. The second kappa shape index (κ2) is 12.6. The van der Waals surface area contributed by atoms with Gasteiger partial charge in [-0.15, -0.1) is 0 Å². The molecule has 9 aromatic carbocycles. The van der Waals surface area contributed by atoms with Gasteiger partial charge in [0.2, 0.25) is 0 Å². The zero-order chi connectivity index (χ0) is 40.4. The minimum absolute atomic E-state index is 0.175. The highest BCUT2D eigenvalue weighted by Gasteiger charge is 2.36. The van der Waals surface area contributed by atoms with Crippen LogP contribution in [0.1, 0.15) is 25.0 Å². The topological polar surface area (TPSA) is 42.7 Å². The molecule has 0 unspecified atom stereocenters. The largest absolute Gasteiger partial charge is 0.456 e. The second-order valence-corrected chi connectivity index (χ2v) is 16.8. The highest BCUT2D eigenvalue weighted by Crippen LogP contribution is 2.52. The predicted molar refractivity (Wildman–Crippen MR) is 251 cm³/mol. The van der Waals surface area contributed by atoms with Crippen molar-refractivity contribution in [1.82, 2.24) is 0 Å². The van der Waals surface area contributed by atoms with E-state index >= 15 is 0 Å². The van der Waals surface area contributed by atoms with Crippen LogP contribution in [0.25, 0.3) is 99.2 Å². The van der Waals surface area contributed by atoms with Crippen LogP contribution in [0.5, 0.6) is 0 Å². The van der Waals surface area contributed by atoms with E-state index < -0.39 is 0 Å². The van der Waals surface area contributed by atoms with E-state index in [1.165, 1.54) is 27.8 Å². The first-order chi connectivity index (χ1) is 30.0. The second-order valence-electron chi connectivity index (χ2n) is 16.8. The molecule has 3 aromatic heterocycles. The summed E-state index contributed by atoms with van der Waals surface area (Å²) in [7, 11) is 0. The molecule has 0 saturated carbocycles. The lowest BCUT2D eigenvalue weighted by atomic mass is 9.82. The van der Waals surface area contributed by atoms with Crippen LogP contribution in [0, 0.1) is 0 Å². The Morgan fingerprint density at radius 1 is 0.344 bits per heavy atom. The van der Waals surface area contributed by atoms with E-state index in [1.807, 2.05) is 36.4 Å². The molecular formula is C57H37NO3. The minimum Gasteiger partial charge on any atom is -0.456 e. The quantitative estimate of drug-likeness (QED) is 0.174. The summed E-state index contributed by atoms with van der Waals surface area (Å²) in [6, 6.07) is 67.0. The molecule has 13 rings (SSSR count). The van der Waals surface area contributed by atoms with Crippen molar-refractivity contribution in [2.75, 3.05) is 4.90 Å². The lowest BCUT2D eigenvalue weighted by Gasteiger charge is -2.29. The van der Waals surface area contributed by atoms with Crippen LogP contribution in [-0.2, 0) is 5.41 Å². The first-order valence-corrected chi connectivity index (χ1v) is 20.9. The highest BCUT2D eigenvalue weighted by atomic mass is 16.3. The van der Waals surface area contributed by atoms with Gasteiger partial charge >= 0.3 is 0 Å². The monoisotopic (exact) mass is 783 g/mol. The van der Waals surface area contributed by atoms with Gasteiger partial charge in [-0.1, -0.05) is 141 Å². The molecular weight excluding hydrogens is 747 g/mol. The van der Waals surface area contributed by atoms with Crippen molar-refractivity contribution < 1.29 is 13.3 Å². The van der Waals surface area contributed by atoms with Gasteiger partial charge in [-0.05, 0) is 94.0 Å². The fraction of sp³-hybridized carbons (Fsp3) is 0.0526. The van der Waals surface area contributed by atoms with Crippen molar-refractivity contribution in [2.45, 2.75) is 19.3 Å². The maximum Gasteiger partial charge on any atom is 0.143 e. The molecule has 0 amide bonds. The highest BCUT2D eigenvalue weighted by molar-refractivity contribution is 6.28. The summed E-state index contributed by atoms with van der Waals surface area (Å²) < 4.78 is 20.2. The van der Waals surface area contributed by atoms with Gasteiger partial charge < -0.3 is 18.2 Å². The Hall–Kier alpha value is -7.82. The number of hydrogen-bond acceptors (Lipinski definition) is 4. The Morgan fingerprint density at radius 3 is 1.77 bits per heavy atom. The molecule has 4 heteroatoms. The number of anilines is 3. The van der Waals surface area contributed by atoms with E-state index in [4.69, 9.17) is 13.3 Å². The summed E-state index contributed by atoms with van der Waals surface area (Å²) in [6.45, 7) is 4.69. The summed E-state index contributed by atoms with van der Waals surface area (Å²) >= 11 is 0. The molecule has 0 bridgehead atoms. The molecule has 0 radical (unpaired) electrons. The van der Waals surface area contributed by atoms with Crippen LogP contribution in [0.4, 0.5) is 17.1 Å². The lowest BCUT2D eigenvalue weighted by molar-refractivity contribution is 0.660. The van der Waals surface area contributed by atoms with Crippen molar-refractivity contribution in [3.05, 3.63) is 199 Å². The number of furan rings is 3. The Labute approximate surface area is 351 Å². The molecule has 12 aromatic rings. The minimum atomic E-state index is -0.175.